The molecule has 1 fully saturated rings. The topological polar surface area (TPSA) is 73.0 Å². The van der Waals surface area contributed by atoms with Gasteiger partial charge in [-0.25, -0.2) is 0 Å². The van der Waals surface area contributed by atoms with E-state index in [0.717, 1.165) is 44.6 Å². The number of nitrogens with zero attached hydrogens (tertiary/aromatic N) is 2. The number of H-pyrrole nitrogens is 1. The predicted molar refractivity (Wildman–Crippen MR) is 84.3 cm³/mol. The third-order valence-corrected chi connectivity index (χ3v) is 4.64. The van der Waals surface area contributed by atoms with E-state index in [4.69, 9.17) is 0 Å². The van der Waals surface area contributed by atoms with Crippen LogP contribution in [0.4, 0.5) is 5.82 Å². The summed E-state index contributed by atoms with van der Waals surface area (Å²) in [5, 5.41) is 13.6. The van der Waals surface area contributed by atoms with Crippen LogP contribution in [0.2, 0.25) is 0 Å². The smallest absolute Gasteiger partial charge is 0.152 e. The van der Waals surface area contributed by atoms with E-state index in [9.17, 15) is 4.79 Å². The van der Waals surface area contributed by atoms with Crippen molar-refractivity contribution in [3.05, 3.63) is 11.3 Å². The largest absolute Gasteiger partial charge is 0.371 e. The number of carbonyl (C=O) groups excluding carboxylic acids is 1. The molecule has 2 aliphatic rings. The zero-order chi connectivity index (χ0) is 15.5. The first kappa shape index (κ1) is 16.0. The lowest BCUT2D eigenvalue weighted by Crippen LogP contribution is -2.32. The molecule has 0 radical (unpaired) electrons. The van der Waals surface area contributed by atoms with Crippen molar-refractivity contribution in [2.75, 3.05) is 32.5 Å². The fourth-order valence-corrected chi connectivity index (χ4v) is 2.84. The highest BCUT2D eigenvalue weighted by atomic mass is 16.1. The molecule has 3 rings (SSSR count). The van der Waals surface area contributed by atoms with Gasteiger partial charge in [0.2, 0.25) is 0 Å². The number of aromatic nitrogens is 2. The van der Waals surface area contributed by atoms with E-state index in [1.807, 2.05) is 7.05 Å². The van der Waals surface area contributed by atoms with E-state index < -0.39 is 0 Å². The van der Waals surface area contributed by atoms with Gasteiger partial charge < -0.3 is 15.4 Å². The lowest BCUT2D eigenvalue weighted by molar-refractivity contribution is -0.111. The Hall–Kier alpha value is -1.40. The standard InChI is InChI=1S/C9H16N4.C6H11NO/c1-9(2)7-6(5-13(9)4)8(10-3)12-11-7;8-5-6-1-3-7-4-2-6/h5H2,1-4H3,(H2,10,11,12);5-7H,1-4H2. The average Bonchev–Trinajstić information content (AvgIpc) is 3.00. The van der Waals surface area contributed by atoms with Crippen LogP contribution in [0.1, 0.15) is 37.9 Å². The number of piperidine rings is 1. The van der Waals surface area contributed by atoms with E-state index >= 15 is 0 Å². The number of aromatic amines is 1. The first-order chi connectivity index (χ1) is 10.0. The molecule has 0 amide bonds. The molecule has 0 aromatic carbocycles. The maximum atomic E-state index is 10.1. The molecule has 0 bridgehead atoms. The SMILES string of the molecule is CNc1n[nH]c2c1CN(C)C2(C)C.O=CC1CCNCC1. The first-order valence-electron chi connectivity index (χ1n) is 7.63. The van der Waals surface area contributed by atoms with E-state index in [-0.39, 0.29) is 5.54 Å². The fourth-order valence-electron chi connectivity index (χ4n) is 2.84. The molecule has 118 valence electrons. The normalized spacial score (nSPS) is 21.3. The Kier molecular flexibility index (Phi) is 5.00. The number of rotatable bonds is 2. The molecular weight excluding hydrogens is 266 g/mol. The number of nitrogens with one attached hydrogen (secondary N) is 3. The number of carbonyl (C=O) groups is 1. The number of aldehydes is 1. The molecule has 0 saturated carbocycles. The minimum atomic E-state index is 0.0808. The molecule has 6 nitrogen and oxygen atoms in total. The summed E-state index contributed by atoms with van der Waals surface area (Å²) in [5.41, 5.74) is 2.62. The summed E-state index contributed by atoms with van der Waals surface area (Å²) < 4.78 is 0. The van der Waals surface area contributed by atoms with E-state index in [0.29, 0.717) is 5.92 Å². The molecule has 21 heavy (non-hydrogen) atoms. The Balaban J connectivity index is 0.000000173. The summed E-state index contributed by atoms with van der Waals surface area (Å²) in [4.78, 5) is 12.4. The maximum absolute atomic E-state index is 10.1. The van der Waals surface area contributed by atoms with Crippen LogP contribution < -0.4 is 10.6 Å². The van der Waals surface area contributed by atoms with Crippen LogP contribution >= 0.6 is 0 Å². The Morgan fingerprint density at radius 2 is 2.05 bits per heavy atom. The first-order valence-corrected chi connectivity index (χ1v) is 7.63. The van der Waals surface area contributed by atoms with Crippen molar-refractivity contribution in [3.63, 3.8) is 0 Å². The number of hydrogen-bond donors (Lipinski definition) is 3. The van der Waals surface area contributed by atoms with Crippen molar-refractivity contribution in [2.45, 2.75) is 38.8 Å². The van der Waals surface area contributed by atoms with Crippen molar-refractivity contribution >= 4 is 12.1 Å². The average molecular weight is 293 g/mol. The Morgan fingerprint density at radius 3 is 2.57 bits per heavy atom. The van der Waals surface area contributed by atoms with Gasteiger partial charge in [0.15, 0.2) is 5.82 Å². The molecule has 0 unspecified atom stereocenters. The molecule has 1 aromatic rings. The van der Waals surface area contributed by atoms with Gasteiger partial charge in [-0.15, -0.1) is 0 Å². The van der Waals surface area contributed by atoms with Crippen molar-refractivity contribution in [3.8, 4) is 0 Å². The van der Waals surface area contributed by atoms with Crippen molar-refractivity contribution in [1.82, 2.24) is 20.4 Å². The van der Waals surface area contributed by atoms with E-state index in [1.54, 1.807) is 0 Å². The number of fused-ring (bicyclic) bond motifs is 1. The molecule has 3 N–H and O–H groups in total. The molecule has 1 aromatic heterocycles. The van der Waals surface area contributed by atoms with Gasteiger partial charge in [-0.2, -0.15) is 5.10 Å². The minimum absolute atomic E-state index is 0.0808. The van der Waals surface area contributed by atoms with Gasteiger partial charge in [0.25, 0.3) is 0 Å². The third-order valence-electron chi connectivity index (χ3n) is 4.64. The van der Waals surface area contributed by atoms with E-state index in [2.05, 4.69) is 46.6 Å². The molecule has 0 aliphatic carbocycles. The van der Waals surface area contributed by atoms with E-state index in [1.165, 1.54) is 11.3 Å². The summed E-state index contributed by atoms with van der Waals surface area (Å²) in [5.74, 6) is 1.32. The van der Waals surface area contributed by atoms with Gasteiger partial charge in [0, 0.05) is 25.1 Å². The van der Waals surface area contributed by atoms with Crippen molar-refractivity contribution in [1.29, 1.82) is 0 Å². The monoisotopic (exact) mass is 293 g/mol. The van der Waals surface area contributed by atoms with Crippen LogP contribution in [0.15, 0.2) is 0 Å². The molecule has 2 aliphatic heterocycles. The summed E-state index contributed by atoms with van der Waals surface area (Å²) in [6.45, 7) is 7.41. The van der Waals surface area contributed by atoms with Crippen LogP contribution in [0.3, 0.4) is 0 Å². The van der Waals surface area contributed by atoms with Gasteiger partial charge in [-0.05, 0) is 46.8 Å². The minimum Gasteiger partial charge on any atom is -0.371 e. The Bertz CT molecular complexity index is 476. The highest BCUT2D eigenvalue weighted by molar-refractivity contribution is 5.53. The molecule has 0 atom stereocenters. The van der Waals surface area contributed by atoms with Crippen LogP contribution in [-0.4, -0.2) is 48.6 Å². The second-order valence-corrected chi connectivity index (χ2v) is 6.31. The zero-order valence-electron chi connectivity index (χ0n) is 13.5. The molecule has 1 saturated heterocycles. The summed E-state index contributed by atoms with van der Waals surface area (Å²) in [6.07, 6.45) is 3.13. The van der Waals surface area contributed by atoms with Gasteiger partial charge >= 0.3 is 0 Å². The third kappa shape index (κ3) is 3.27. The van der Waals surface area contributed by atoms with Crippen LogP contribution in [0.25, 0.3) is 0 Å². The summed E-state index contributed by atoms with van der Waals surface area (Å²) >= 11 is 0. The van der Waals surface area contributed by atoms with Crippen LogP contribution in [-0.2, 0) is 16.9 Å². The highest BCUT2D eigenvalue weighted by Crippen LogP contribution is 2.38. The summed E-state index contributed by atoms with van der Waals surface area (Å²) in [7, 11) is 4.04. The van der Waals surface area contributed by atoms with Gasteiger partial charge in [-0.3, -0.25) is 10.00 Å². The number of anilines is 1. The Labute approximate surface area is 126 Å². The quantitative estimate of drug-likeness (QED) is 0.717. The van der Waals surface area contributed by atoms with Crippen LogP contribution in [0.5, 0.6) is 0 Å². The molecule has 3 heterocycles. The molecule has 0 spiro atoms. The predicted octanol–water partition coefficient (Wildman–Crippen LogP) is 1.32. The number of hydrogen-bond acceptors (Lipinski definition) is 5. The fraction of sp³-hybridized carbons (Fsp3) is 0.733. The second-order valence-electron chi connectivity index (χ2n) is 6.31. The van der Waals surface area contributed by atoms with Gasteiger partial charge in [0.05, 0.1) is 11.2 Å². The lowest BCUT2D eigenvalue weighted by atomic mass is 10.0. The van der Waals surface area contributed by atoms with Gasteiger partial charge in [0.1, 0.15) is 6.29 Å². The van der Waals surface area contributed by atoms with Crippen molar-refractivity contribution < 1.29 is 4.79 Å². The van der Waals surface area contributed by atoms with Gasteiger partial charge in [-0.1, -0.05) is 0 Å². The van der Waals surface area contributed by atoms with Crippen molar-refractivity contribution in [2.24, 2.45) is 5.92 Å². The Morgan fingerprint density at radius 1 is 1.38 bits per heavy atom. The lowest BCUT2D eigenvalue weighted by Gasteiger charge is -2.27. The molecule has 6 heteroatoms. The maximum Gasteiger partial charge on any atom is 0.152 e. The zero-order valence-corrected chi connectivity index (χ0v) is 13.5. The highest BCUT2D eigenvalue weighted by Gasteiger charge is 2.38. The molecular formula is C15H27N5O. The summed E-state index contributed by atoms with van der Waals surface area (Å²) in [6, 6.07) is 0. The second kappa shape index (κ2) is 6.58. The van der Waals surface area contributed by atoms with Crippen LogP contribution in [0, 0.1) is 5.92 Å².